The number of alkyl halides is 19. The Morgan fingerprint density at radius 2 is 1.03 bits per heavy atom. The molecule has 1 heterocycles. The fourth-order valence-corrected chi connectivity index (χ4v) is 6.50. The third-order valence-electron chi connectivity index (χ3n) is 13.4. The van der Waals surface area contributed by atoms with E-state index in [1.54, 1.807) is 20.8 Å². The minimum absolute atomic E-state index is 0.167. The first kappa shape index (κ1) is 70.8. The monoisotopic (exact) mass is 1130 g/mol. The van der Waals surface area contributed by atoms with Crippen LogP contribution in [0.3, 0.4) is 0 Å². The van der Waals surface area contributed by atoms with E-state index in [2.05, 4.69) is 14.2 Å². The number of aliphatic hydroxyl groups is 4. The zero-order chi connectivity index (χ0) is 59.5. The van der Waals surface area contributed by atoms with Gasteiger partial charge in [0.1, 0.15) is 23.9 Å². The summed E-state index contributed by atoms with van der Waals surface area (Å²) < 4.78 is 272. The second-order valence-electron chi connectivity index (χ2n) is 20.5. The minimum atomic E-state index is -6.28. The van der Waals surface area contributed by atoms with Crippen molar-refractivity contribution in [2.24, 2.45) is 28.1 Å². The predicted octanol–water partition coefficient (Wildman–Crippen LogP) is 10.8. The number of esters is 3. The Bertz CT molecular complexity index is 1840. The van der Waals surface area contributed by atoms with Crippen molar-refractivity contribution in [1.29, 1.82) is 0 Å². The lowest BCUT2D eigenvalue weighted by atomic mass is 9.66. The number of hydrogen-bond acceptors (Lipinski definition) is 12. The van der Waals surface area contributed by atoms with Crippen molar-refractivity contribution in [3.63, 3.8) is 0 Å². The number of carbonyl (C=O) groups is 3. The molecule has 31 heteroatoms. The molecule has 8 unspecified atom stereocenters. The van der Waals surface area contributed by atoms with Gasteiger partial charge in [-0.2, -0.15) is 74.6 Å². The lowest BCUT2D eigenvalue weighted by Crippen LogP contribution is -2.76. The molecule has 1 saturated carbocycles. The zero-order valence-electron chi connectivity index (χ0n) is 42.0. The molecule has 0 amide bonds. The largest absolute Gasteiger partial charge is 0.462 e. The molecule has 2 fully saturated rings. The molecule has 0 aromatic heterocycles. The molecule has 0 bridgehead atoms. The number of hydrogen-bond donors (Lipinski definition) is 4. The molecule has 12 nitrogen and oxygen atoms in total. The maximum absolute atomic E-state index is 13.7. The van der Waals surface area contributed by atoms with E-state index in [0.717, 1.165) is 0 Å². The maximum atomic E-state index is 13.7. The SMILES string of the molecule is CCC(C)(C)C(=O)OC(CC(C)(O)C(F)F)C(F)(F)F.CCC(C)(C)C(=O)OC1CC(C(C)(O)C(F)(F)F)CC(C(O)(C(F)(F)F)C(F)(F)F)C1.CCC(C)(C)C(=O)OCC1(C)OCOC(F)(F)C1(O)C(F)(F)F. The first-order chi connectivity index (χ1) is 32.4. The highest BCUT2D eigenvalue weighted by Crippen LogP contribution is 2.56. The Labute approximate surface area is 412 Å². The van der Waals surface area contributed by atoms with Crippen LogP contribution in [-0.4, -0.2) is 135 Å². The van der Waals surface area contributed by atoms with Crippen molar-refractivity contribution in [3.8, 4) is 0 Å². The number of rotatable bonds is 15. The fraction of sp³-hybridized carbons (Fsp3) is 0.930. The van der Waals surface area contributed by atoms with Gasteiger partial charge >= 0.3 is 54.9 Å². The fourth-order valence-electron chi connectivity index (χ4n) is 6.50. The van der Waals surface area contributed by atoms with Crippen LogP contribution in [0.2, 0.25) is 0 Å². The van der Waals surface area contributed by atoms with Crippen molar-refractivity contribution in [2.45, 2.75) is 212 Å². The van der Waals surface area contributed by atoms with E-state index in [-0.39, 0.29) is 19.8 Å². The quantitative estimate of drug-likeness (QED) is 0.0694. The summed E-state index contributed by atoms with van der Waals surface area (Å²) in [6, 6.07) is 0. The summed E-state index contributed by atoms with van der Waals surface area (Å²) in [5, 5.41) is 38.6. The molecule has 0 spiro atoms. The Balaban J connectivity index is 0.00000111. The highest BCUT2D eigenvalue weighted by molar-refractivity contribution is 5.76. The van der Waals surface area contributed by atoms with Crippen LogP contribution in [0.25, 0.3) is 0 Å². The number of carbonyl (C=O) groups excluding carboxylic acids is 3. The summed E-state index contributed by atoms with van der Waals surface area (Å²) in [6.45, 7) is 12.2. The summed E-state index contributed by atoms with van der Waals surface area (Å²) in [6.07, 6.45) is -45.9. The lowest BCUT2D eigenvalue weighted by molar-refractivity contribution is -0.493. The summed E-state index contributed by atoms with van der Waals surface area (Å²) in [5.41, 5.74) is -23.0. The van der Waals surface area contributed by atoms with Crippen LogP contribution in [0, 0.1) is 28.1 Å². The molecule has 2 rings (SSSR count). The Morgan fingerprint density at radius 3 is 1.39 bits per heavy atom. The van der Waals surface area contributed by atoms with Crippen LogP contribution < -0.4 is 0 Å². The van der Waals surface area contributed by atoms with Crippen LogP contribution in [0.1, 0.15) is 128 Å². The molecule has 440 valence electrons. The molecule has 8 atom stereocenters. The Hall–Kier alpha value is -3.16. The van der Waals surface area contributed by atoms with Crippen molar-refractivity contribution in [3.05, 3.63) is 0 Å². The van der Waals surface area contributed by atoms with E-state index in [1.165, 1.54) is 41.5 Å². The summed E-state index contributed by atoms with van der Waals surface area (Å²) in [5.74, 6) is -8.13. The molecule has 1 aliphatic carbocycles. The van der Waals surface area contributed by atoms with E-state index in [4.69, 9.17) is 9.47 Å². The zero-order valence-corrected chi connectivity index (χ0v) is 42.0. The van der Waals surface area contributed by atoms with Gasteiger partial charge in [0.25, 0.3) is 17.6 Å². The molecular weight excluding hydrogens is 1070 g/mol. The standard InChI is InChI=1S/C18H25F9O4.C13H19F5O5.C12H19F5O3/c1-5-13(2,3)12(28)31-11-7-9(14(4,29)16(19,20)21)6-10(8-11)15(30,17(22,23)24)18(25,26)27;1-5-9(2,3)8(19)21-6-10(4)11(20,12(14,15)16)13(17,18)23-7-22-10;1-5-10(2,3)9(18)20-7(12(15,16)17)6-11(4,19)8(13)14/h9-11,29-30H,5-8H2,1-4H3;20H,5-7H2,1-4H3;7-8,19H,5-6H2,1-4H3. The molecule has 74 heavy (non-hydrogen) atoms. The number of halogens is 19. The highest BCUT2D eigenvalue weighted by atomic mass is 19.4. The van der Waals surface area contributed by atoms with Crippen molar-refractivity contribution < 1.29 is 142 Å². The summed E-state index contributed by atoms with van der Waals surface area (Å²) in [4.78, 5) is 35.7. The minimum Gasteiger partial charge on any atom is -0.462 e. The van der Waals surface area contributed by atoms with Crippen LogP contribution in [0.15, 0.2) is 0 Å². The first-order valence-corrected chi connectivity index (χ1v) is 22.2. The van der Waals surface area contributed by atoms with Gasteiger partial charge in [0, 0.05) is 18.3 Å². The van der Waals surface area contributed by atoms with Crippen molar-refractivity contribution in [1.82, 2.24) is 0 Å². The van der Waals surface area contributed by atoms with Gasteiger partial charge in [-0.15, -0.1) is 0 Å². The average Bonchev–Trinajstić information content (AvgIpc) is 3.22. The molecule has 2 aliphatic rings. The lowest BCUT2D eigenvalue weighted by Gasteiger charge is -2.50. The van der Waals surface area contributed by atoms with E-state index < -0.39 is 169 Å². The normalized spacial score (nSPS) is 25.7. The van der Waals surface area contributed by atoms with Crippen molar-refractivity contribution in [2.75, 3.05) is 13.4 Å². The topological polar surface area (TPSA) is 178 Å². The van der Waals surface area contributed by atoms with Gasteiger partial charge in [0.15, 0.2) is 18.5 Å². The molecule has 0 aromatic carbocycles. The second kappa shape index (κ2) is 23.4. The molecular formula is C43H63F19O12. The van der Waals surface area contributed by atoms with Crippen LogP contribution in [0.4, 0.5) is 83.4 Å². The van der Waals surface area contributed by atoms with Crippen molar-refractivity contribution >= 4 is 17.9 Å². The maximum Gasteiger partial charge on any atom is 0.429 e. The van der Waals surface area contributed by atoms with Gasteiger partial charge in [-0.3, -0.25) is 19.1 Å². The third kappa shape index (κ3) is 16.0. The average molecular weight is 1130 g/mol. The van der Waals surface area contributed by atoms with Crippen LogP contribution in [-0.2, 0) is 38.1 Å². The van der Waals surface area contributed by atoms with Gasteiger partial charge in [0.2, 0.25) is 0 Å². The van der Waals surface area contributed by atoms with Gasteiger partial charge in [0.05, 0.1) is 16.2 Å². The van der Waals surface area contributed by atoms with E-state index >= 15 is 0 Å². The predicted molar refractivity (Wildman–Crippen MR) is 216 cm³/mol. The van der Waals surface area contributed by atoms with Gasteiger partial charge < -0.3 is 39.4 Å². The van der Waals surface area contributed by atoms with E-state index in [0.29, 0.717) is 20.3 Å². The van der Waals surface area contributed by atoms with Gasteiger partial charge in [-0.1, -0.05) is 20.8 Å². The van der Waals surface area contributed by atoms with E-state index in [1.807, 2.05) is 0 Å². The highest BCUT2D eigenvalue weighted by Gasteiger charge is 2.81. The molecule has 0 aromatic rings. The van der Waals surface area contributed by atoms with Crippen LogP contribution >= 0.6 is 0 Å². The van der Waals surface area contributed by atoms with E-state index in [9.17, 15) is 118 Å². The molecule has 1 saturated heterocycles. The second-order valence-corrected chi connectivity index (χ2v) is 20.5. The van der Waals surface area contributed by atoms with Crippen LogP contribution in [0.5, 0.6) is 0 Å². The first-order valence-electron chi connectivity index (χ1n) is 22.2. The summed E-state index contributed by atoms with van der Waals surface area (Å²) >= 11 is 0. The van der Waals surface area contributed by atoms with Gasteiger partial charge in [-0.25, -0.2) is 8.78 Å². The third-order valence-corrected chi connectivity index (χ3v) is 13.4. The molecule has 0 radical (unpaired) electrons. The molecule has 4 N–H and O–H groups in total. The Morgan fingerprint density at radius 1 is 0.622 bits per heavy atom. The summed E-state index contributed by atoms with van der Waals surface area (Å²) in [7, 11) is 0. The smallest absolute Gasteiger partial charge is 0.429 e. The Kier molecular flexibility index (Phi) is 22.4. The number of ether oxygens (including phenoxy) is 5. The molecule has 1 aliphatic heterocycles. The van der Waals surface area contributed by atoms with Gasteiger partial charge in [-0.05, 0) is 101 Å².